The number of aliphatic hydroxyl groups is 1. The summed E-state index contributed by atoms with van der Waals surface area (Å²) in [5, 5.41) is 11.4. The molecule has 0 aliphatic carbocycles. The van der Waals surface area contributed by atoms with Crippen molar-refractivity contribution < 1.29 is 5.11 Å². The van der Waals surface area contributed by atoms with Crippen molar-refractivity contribution in [3.05, 3.63) is 35.0 Å². The molecule has 2 nitrogen and oxygen atoms in total. The Bertz CT molecular complexity index is 468. The maximum absolute atomic E-state index is 9.87. The molecule has 0 saturated heterocycles. The molecule has 0 fully saturated rings. The van der Waals surface area contributed by atoms with Crippen LogP contribution in [0.4, 0.5) is 0 Å². The van der Waals surface area contributed by atoms with E-state index in [0.717, 1.165) is 16.5 Å². The Labute approximate surface area is 87.5 Å². The van der Waals surface area contributed by atoms with E-state index < -0.39 is 5.60 Å². The summed E-state index contributed by atoms with van der Waals surface area (Å²) in [4.78, 5) is 3.07. The average molecular weight is 210 g/mol. The van der Waals surface area contributed by atoms with E-state index in [2.05, 4.69) is 4.98 Å². The molecule has 0 spiro atoms. The third-order valence-corrected chi connectivity index (χ3v) is 2.73. The Morgan fingerprint density at radius 2 is 2.00 bits per heavy atom. The number of nitrogens with one attached hydrogen (secondary N) is 1. The zero-order valence-electron chi connectivity index (χ0n) is 8.13. The highest BCUT2D eigenvalue weighted by Gasteiger charge is 2.20. The lowest BCUT2D eigenvalue weighted by Gasteiger charge is -2.19. The predicted molar refractivity (Wildman–Crippen MR) is 58.6 cm³/mol. The first-order valence-electron chi connectivity index (χ1n) is 4.48. The van der Waals surface area contributed by atoms with Crippen molar-refractivity contribution >= 4 is 22.5 Å². The van der Waals surface area contributed by atoms with Crippen molar-refractivity contribution in [2.24, 2.45) is 0 Å². The quantitative estimate of drug-likeness (QED) is 0.744. The molecular formula is C11H12ClNO. The third-order valence-electron chi connectivity index (χ3n) is 2.33. The van der Waals surface area contributed by atoms with Gasteiger partial charge in [-0.15, -0.1) is 0 Å². The number of aromatic nitrogens is 1. The largest absolute Gasteiger partial charge is 0.386 e. The molecule has 2 rings (SSSR count). The van der Waals surface area contributed by atoms with Crippen molar-refractivity contribution in [1.82, 2.24) is 4.98 Å². The van der Waals surface area contributed by atoms with Crippen LogP contribution in [0.25, 0.3) is 10.9 Å². The summed E-state index contributed by atoms with van der Waals surface area (Å²) in [6.07, 6.45) is 1.84. The molecule has 1 aromatic carbocycles. The molecular weight excluding hydrogens is 198 g/mol. The highest BCUT2D eigenvalue weighted by atomic mass is 35.5. The minimum Gasteiger partial charge on any atom is -0.386 e. The van der Waals surface area contributed by atoms with E-state index in [1.54, 1.807) is 13.8 Å². The lowest BCUT2D eigenvalue weighted by molar-refractivity contribution is 0.0788. The van der Waals surface area contributed by atoms with Gasteiger partial charge >= 0.3 is 0 Å². The van der Waals surface area contributed by atoms with Crippen LogP contribution in [-0.4, -0.2) is 10.1 Å². The van der Waals surface area contributed by atoms with Gasteiger partial charge in [-0.2, -0.15) is 0 Å². The molecule has 2 N–H and O–H groups in total. The number of hydrogen-bond acceptors (Lipinski definition) is 1. The maximum Gasteiger partial charge on any atom is 0.0855 e. The second-order valence-electron chi connectivity index (χ2n) is 3.93. The lowest BCUT2D eigenvalue weighted by Crippen LogP contribution is -2.15. The molecule has 14 heavy (non-hydrogen) atoms. The summed E-state index contributed by atoms with van der Waals surface area (Å²) in [6, 6.07) is 5.68. The van der Waals surface area contributed by atoms with Crippen LogP contribution in [0.5, 0.6) is 0 Å². The topological polar surface area (TPSA) is 36.0 Å². The number of H-pyrrole nitrogens is 1. The number of hydrogen-bond donors (Lipinski definition) is 2. The number of benzene rings is 1. The van der Waals surface area contributed by atoms with Crippen LogP contribution < -0.4 is 0 Å². The van der Waals surface area contributed by atoms with Crippen molar-refractivity contribution in [3.8, 4) is 0 Å². The van der Waals surface area contributed by atoms with Crippen LogP contribution >= 0.6 is 11.6 Å². The molecule has 0 saturated carbocycles. The fraction of sp³-hybridized carbons (Fsp3) is 0.273. The number of rotatable bonds is 1. The Hall–Kier alpha value is -0.990. The van der Waals surface area contributed by atoms with E-state index in [1.165, 1.54) is 0 Å². The van der Waals surface area contributed by atoms with Crippen molar-refractivity contribution in [1.29, 1.82) is 0 Å². The Morgan fingerprint density at radius 1 is 1.29 bits per heavy atom. The Kier molecular flexibility index (Phi) is 2.05. The first-order chi connectivity index (χ1) is 6.50. The molecule has 3 heteroatoms. The van der Waals surface area contributed by atoms with Crippen LogP contribution in [0.3, 0.4) is 0 Å². The fourth-order valence-corrected chi connectivity index (χ4v) is 2.03. The van der Waals surface area contributed by atoms with Gasteiger partial charge in [0.15, 0.2) is 0 Å². The first kappa shape index (κ1) is 9.56. The van der Waals surface area contributed by atoms with Crippen molar-refractivity contribution in [2.75, 3.05) is 0 Å². The zero-order valence-corrected chi connectivity index (χ0v) is 8.89. The summed E-state index contributed by atoms with van der Waals surface area (Å²) < 4.78 is 0. The highest BCUT2D eigenvalue weighted by molar-refractivity contribution is 6.36. The summed E-state index contributed by atoms with van der Waals surface area (Å²) >= 11 is 6.19. The normalized spacial score (nSPS) is 12.3. The van der Waals surface area contributed by atoms with Gasteiger partial charge in [0.1, 0.15) is 0 Å². The van der Waals surface area contributed by atoms with Crippen LogP contribution in [0, 0.1) is 0 Å². The van der Waals surface area contributed by atoms with Gasteiger partial charge in [0.25, 0.3) is 0 Å². The van der Waals surface area contributed by atoms with Crippen molar-refractivity contribution in [3.63, 3.8) is 0 Å². The Morgan fingerprint density at radius 3 is 2.64 bits per heavy atom. The third kappa shape index (κ3) is 1.41. The molecule has 1 aromatic heterocycles. The minimum atomic E-state index is -0.900. The van der Waals surface area contributed by atoms with Gasteiger partial charge < -0.3 is 10.1 Å². The molecule has 0 radical (unpaired) electrons. The molecule has 0 amide bonds. The SMILES string of the molecule is CC(C)(O)c1ccc2[nH]ccc2c1Cl. The predicted octanol–water partition coefficient (Wildman–Crippen LogP) is 3.05. The standard InChI is InChI=1S/C11H12ClNO/c1-11(2,14)8-3-4-9-7(10(8)12)5-6-13-9/h3-6,13-14H,1-2H3. The van der Waals surface area contributed by atoms with Gasteiger partial charge in [-0.3, -0.25) is 0 Å². The van der Waals surface area contributed by atoms with Gasteiger partial charge in [-0.25, -0.2) is 0 Å². The second-order valence-corrected chi connectivity index (χ2v) is 4.30. The zero-order chi connectivity index (χ0) is 10.3. The maximum atomic E-state index is 9.87. The summed E-state index contributed by atoms with van der Waals surface area (Å²) in [5.74, 6) is 0. The highest BCUT2D eigenvalue weighted by Crippen LogP contribution is 2.33. The van der Waals surface area contributed by atoms with E-state index in [1.807, 2.05) is 24.4 Å². The van der Waals surface area contributed by atoms with Gasteiger partial charge in [0.2, 0.25) is 0 Å². The molecule has 0 bridgehead atoms. The molecule has 0 aliphatic rings. The van der Waals surface area contributed by atoms with Gasteiger partial charge in [0.05, 0.1) is 10.6 Å². The van der Waals surface area contributed by atoms with E-state index in [4.69, 9.17) is 11.6 Å². The molecule has 74 valence electrons. The van der Waals surface area contributed by atoms with Gasteiger partial charge in [-0.05, 0) is 26.0 Å². The number of halogens is 1. The number of aromatic amines is 1. The fourth-order valence-electron chi connectivity index (χ4n) is 1.57. The minimum absolute atomic E-state index is 0.622. The summed E-state index contributed by atoms with van der Waals surface area (Å²) in [6.45, 7) is 3.46. The van der Waals surface area contributed by atoms with E-state index in [-0.39, 0.29) is 0 Å². The van der Waals surface area contributed by atoms with E-state index in [9.17, 15) is 5.11 Å². The summed E-state index contributed by atoms with van der Waals surface area (Å²) in [7, 11) is 0. The van der Waals surface area contributed by atoms with E-state index >= 15 is 0 Å². The monoisotopic (exact) mass is 209 g/mol. The molecule has 0 aliphatic heterocycles. The molecule has 1 heterocycles. The van der Waals surface area contributed by atoms with Crippen LogP contribution in [0.15, 0.2) is 24.4 Å². The van der Waals surface area contributed by atoms with Crippen LogP contribution in [0.2, 0.25) is 5.02 Å². The second kappa shape index (κ2) is 3.01. The smallest absolute Gasteiger partial charge is 0.0855 e. The van der Waals surface area contributed by atoms with E-state index in [0.29, 0.717) is 5.02 Å². The average Bonchev–Trinajstić information content (AvgIpc) is 2.50. The lowest BCUT2D eigenvalue weighted by atomic mass is 9.97. The first-order valence-corrected chi connectivity index (χ1v) is 4.86. The Balaban J connectivity index is 2.74. The van der Waals surface area contributed by atoms with Crippen LogP contribution in [-0.2, 0) is 5.60 Å². The molecule has 0 unspecified atom stereocenters. The summed E-state index contributed by atoms with van der Waals surface area (Å²) in [5.41, 5.74) is 0.844. The molecule has 2 aromatic rings. The van der Waals surface area contributed by atoms with Crippen molar-refractivity contribution in [2.45, 2.75) is 19.4 Å². The molecule has 0 atom stereocenters. The van der Waals surface area contributed by atoms with Gasteiger partial charge in [0, 0.05) is 22.7 Å². The van der Waals surface area contributed by atoms with Gasteiger partial charge in [-0.1, -0.05) is 17.7 Å². The number of fused-ring (bicyclic) bond motifs is 1. The van der Waals surface area contributed by atoms with Crippen LogP contribution in [0.1, 0.15) is 19.4 Å².